The van der Waals surface area contributed by atoms with Crippen molar-refractivity contribution in [3.63, 3.8) is 0 Å². The van der Waals surface area contributed by atoms with E-state index in [1.165, 1.54) is 0 Å². The summed E-state index contributed by atoms with van der Waals surface area (Å²) in [7, 11) is 0. The fraction of sp³-hybridized carbons (Fsp3) is 0.571. The maximum atomic E-state index is 13.1. The van der Waals surface area contributed by atoms with Crippen molar-refractivity contribution in [1.29, 1.82) is 0 Å². The van der Waals surface area contributed by atoms with Crippen molar-refractivity contribution in [2.75, 3.05) is 18.0 Å². The molecule has 0 saturated carbocycles. The number of ether oxygens (including phenoxy) is 1. The van der Waals surface area contributed by atoms with Gasteiger partial charge in [-0.15, -0.1) is 0 Å². The largest absolute Gasteiger partial charge is 0.459 e. The number of rotatable bonds is 5. The highest BCUT2D eigenvalue weighted by atomic mass is 16.6. The van der Waals surface area contributed by atoms with Crippen LogP contribution in [0.2, 0.25) is 0 Å². The van der Waals surface area contributed by atoms with E-state index in [0.717, 1.165) is 24.1 Å². The van der Waals surface area contributed by atoms with E-state index in [0.29, 0.717) is 12.1 Å². The minimum atomic E-state index is -0.592. The van der Waals surface area contributed by atoms with Crippen LogP contribution in [-0.2, 0) is 20.7 Å². The first-order valence-corrected chi connectivity index (χ1v) is 9.47. The molecule has 1 unspecified atom stereocenters. The highest BCUT2D eigenvalue weighted by Crippen LogP contribution is 2.29. The first-order chi connectivity index (χ1) is 12.5. The molecule has 6 heteroatoms. The van der Waals surface area contributed by atoms with Crippen LogP contribution in [0, 0.1) is 0 Å². The molecule has 2 amide bonds. The van der Waals surface area contributed by atoms with Gasteiger partial charge in [0, 0.05) is 30.8 Å². The minimum absolute atomic E-state index is 0.000941. The number of hydrogen-bond acceptors (Lipinski definition) is 4. The smallest absolute Gasteiger partial charge is 0.326 e. The van der Waals surface area contributed by atoms with Gasteiger partial charge < -0.3 is 14.5 Å². The average Bonchev–Trinajstić information content (AvgIpc) is 3.00. The van der Waals surface area contributed by atoms with E-state index in [1.54, 1.807) is 22.8 Å². The van der Waals surface area contributed by atoms with Crippen LogP contribution in [0.5, 0.6) is 0 Å². The molecular weight excluding hydrogens is 344 g/mol. The topological polar surface area (TPSA) is 66.9 Å². The van der Waals surface area contributed by atoms with Crippen LogP contribution in [-0.4, -0.2) is 47.4 Å². The van der Waals surface area contributed by atoms with Crippen LogP contribution in [0.15, 0.2) is 18.2 Å². The lowest BCUT2D eigenvalue weighted by atomic mass is 10.1. The van der Waals surface area contributed by atoms with E-state index in [1.807, 2.05) is 46.8 Å². The van der Waals surface area contributed by atoms with Crippen molar-refractivity contribution in [1.82, 2.24) is 4.90 Å². The maximum absolute atomic E-state index is 13.1. The summed E-state index contributed by atoms with van der Waals surface area (Å²) in [5, 5.41) is 0. The van der Waals surface area contributed by atoms with Gasteiger partial charge in [-0.1, -0.05) is 6.92 Å². The van der Waals surface area contributed by atoms with Gasteiger partial charge in [-0.25, -0.2) is 0 Å². The quantitative estimate of drug-likeness (QED) is 0.743. The maximum Gasteiger partial charge on any atom is 0.326 e. The second kappa shape index (κ2) is 8.11. The molecule has 1 aromatic carbocycles. The molecule has 0 aliphatic carbocycles. The molecule has 0 spiro atoms. The van der Waals surface area contributed by atoms with Gasteiger partial charge in [-0.3, -0.25) is 14.4 Å². The lowest BCUT2D eigenvalue weighted by Gasteiger charge is -2.29. The molecule has 1 aliphatic rings. The predicted octanol–water partition coefficient (Wildman–Crippen LogP) is 3.18. The molecule has 27 heavy (non-hydrogen) atoms. The van der Waals surface area contributed by atoms with Gasteiger partial charge in [0.1, 0.15) is 12.1 Å². The Bertz CT molecular complexity index is 736. The summed E-state index contributed by atoms with van der Waals surface area (Å²) in [6, 6.07) is 5.30. The van der Waals surface area contributed by atoms with Gasteiger partial charge >= 0.3 is 5.97 Å². The molecule has 0 fully saturated rings. The molecule has 1 aliphatic heterocycles. The van der Waals surface area contributed by atoms with E-state index >= 15 is 0 Å². The van der Waals surface area contributed by atoms with Gasteiger partial charge in [-0.2, -0.15) is 0 Å². The predicted molar refractivity (Wildman–Crippen MR) is 105 cm³/mol. The number of hydrogen-bond donors (Lipinski definition) is 0. The fourth-order valence-electron chi connectivity index (χ4n) is 3.19. The van der Waals surface area contributed by atoms with Crippen molar-refractivity contribution in [3.8, 4) is 0 Å². The molecular formula is C21H30N2O4. The Morgan fingerprint density at radius 2 is 1.93 bits per heavy atom. The molecule has 2 rings (SSSR count). The van der Waals surface area contributed by atoms with E-state index < -0.39 is 11.6 Å². The summed E-state index contributed by atoms with van der Waals surface area (Å²) in [6.45, 7) is 11.4. The third-order valence-corrected chi connectivity index (χ3v) is 4.71. The van der Waals surface area contributed by atoms with Crippen molar-refractivity contribution in [2.24, 2.45) is 0 Å². The number of carbonyl (C=O) groups excluding carboxylic acids is 3. The lowest BCUT2D eigenvalue weighted by molar-refractivity contribution is -0.156. The second-order valence-electron chi connectivity index (χ2n) is 8.04. The molecule has 0 aromatic heterocycles. The third-order valence-electron chi connectivity index (χ3n) is 4.71. The van der Waals surface area contributed by atoms with Gasteiger partial charge in [0.05, 0.1) is 0 Å². The second-order valence-corrected chi connectivity index (χ2v) is 8.04. The van der Waals surface area contributed by atoms with Crippen LogP contribution >= 0.6 is 0 Å². The fourth-order valence-corrected chi connectivity index (χ4v) is 3.19. The van der Waals surface area contributed by atoms with E-state index in [-0.39, 0.29) is 24.4 Å². The number of benzene rings is 1. The number of esters is 1. The van der Waals surface area contributed by atoms with Crippen molar-refractivity contribution >= 4 is 23.5 Å². The van der Waals surface area contributed by atoms with E-state index in [2.05, 4.69) is 0 Å². The molecule has 1 heterocycles. The minimum Gasteiger partial charge on any atom is -0.459 e. The third kappa shape index (κ3) is 5.08. The number of nitrogens with zero attached hydrogens (tertiary/aromatic N) is 2. The summed E-state index contributed by atoms with van der Waals surface area (Å²) in [6.07, 6.45) is 1.46. The number of amides is 2. The standard InChI is InChI=1S/C21H30N2O4/c1-7-14(2)23(13-19(25)27-21(4,5)6)20(26)17-8-9-18-16(12-17)10-11-22(18)15(3)24/h8-9,12,14H,7,10-11,13H2,1-6H3. The molecule has 6 nitrogen and oxygen atoms in total. The Kier molecular flexibility index (Phi) is 6.29. The van der Waals surface area contributed by atoms with Gasteiger partial charge in [-0.05, 0) is 64.3 Å². The summed E-state index contributed by atoms with van der Waals surface area (Å²) in [5.74, 6) is -0.613. The average molecular weight is 374 g/mol. The zero-order valence-electron chi connectivity index (χ0n) is 17.2. The SMILES string of the molecule is CCC(C)N(CC(=O)OC(C)(C)C)C(=O)c1ccc2c(c1)CCN2C(C)=O. The Morgan fingerprint density at radius 3 is 2.48 bits per heavy atom. The number of carbonyl (C=O) groups is 3. The molecule has 1 atom stereocenters. The van der Waals surface area contributed by atoms with Gasteiger partial charge in [0.25, 0.3) is 5.91 Å². The monoisotopic (exact) mass is 374 g/mol. The highest BCUT2D eigenvalue weighted by molar-refractivity contribution is 5.99. The normalized spacial score (nSPS) is 14.5. The summed E-state index contributed by atoms with van der Waals surface area (Å²) in [4.78, 5) is 40.3. The van der Waals surface area contributed by atoms with Crippen LogP contribution < -0.4 is 4.90 Å². The van der Waals surface area contributed by atoms with Crippen molar-refractivity contribution in [2.45, 2.75) is 66.0 Å². The van der Waals surface area contributed by atoms with E-state index in [9.17, 15) is 14.4 Å². The molecule has 0 N–H and O–H groups in total. The van der Waals surface area contributed by atoms with E-state index in [4.69, 9.17) is 4.74 Å². The Labute approximate surface area is 161 Å². The molecule has 0 saturated heterocycles. The Balaban J connectivity index is 2.23. The first kappa shape index (κ1) is 20.9. The number of anilines is 1. The van der Waals surface area contributed by atoms with Crippen LogP contribution in [0.3, 0.4) is 0 Å². The molecule has 0 bridgehead atoms. The summed E-state index contributed by atoms with van der Waals surface area (Å²) in [5.41, 5.74) is 1.78. The van der Waals surface area contributed by atoms with Crippen LogP contribution in [0.4, 0.5) is 5.69 Å². The van der Waals surface area contributed by atoms with Crippen LogP contribution in [0.1, 0.15) is 63.9 Å². The van der Waals surface area contributed by atoms with Crippen LogP contribution in [0.25, 0.3) is 0 Å². The Hall–Kier alpha value is -2.37. The first-order valence-electron chi connectivity index (χ1n) is 9.47. The van der Waals surface area contributed by atoms with Gasteiger partial charge in [0.2, 0.25) is 5.91 Å². The molecule has 148 valence electrons. The van der Waals surface area contributed by atoms with Crippen molar-refractivity contribution < 1.29 is 19.1 Å². The molecule has 1 aromatic rings. The highest BCUT2D eigenvalue weighted by Gasteiger charge is 2.28. The Morgan fingerprint density at radius 1 is 1.26 bits per heavy atom. The summed E-state index contributed by atoms with van der Waals surface area (Å²) >= 11 is 0. The van der Waals surface area contributed by atoms with Gasteiger partial charge in [0.15, 0.2) is 0 Å². The number of fused-ring (bicyclic) bond motifs is 1. The van der Waals surface area contributed by atoms with Crippen molar-refractivity contribution in [3.05, 3.63) is 29.3 Å². The summed E-state index contributed by atoms with van der Waals surface area (Å²) < 4.78 is 5.39. The molecule has 0 radical (unpaired) electrons. The zero-order valence-corrected chi connectivity index (χ0v) is 17.2. The lowest BCUT2D eigenvalue weighted by Crippen LogP contribution is -2.43. The zero-order chi connectivity index (χ0) is 20.4.